The molecule has 1 aromatic carbocycles. The monoisotopic (exact) mass is 375 g/mol. The van der Waals surface area contributed by atoms with E-state index in [1.54, 1.807) is 17.4 Å². The van der Waals surface area contributed by atoms with Crippen molar-refractivity contribution in [1.82, 2.24) is 4.72 Å². The maximum atomic E-state index is 11.7. The lowest BCUT2D eigenvalue weighted by atomic mass is 10.2. The number of anilines is 2. The molecule has 0 bridgehead atoms. The number of halogens is 1. The highest BCUT2D eigenvalue weighted by atomic mass is 79.9. The number of thiophene rings is 1. The molecule has 2 aromatic rings. The molecule has 0 aliphatic heterocycles. The van der Waals surface area contributed by atoms with Crippen LogP contribution in [0.25, 0.3) is 0 Å². The molecule has 108 valence electrons. The number of hydrogen-bond acceptors (Lipinski definition) is 5. The molecule has 0 spiro atoms. The number of sulfonamides is 1. The molecule has 0 saturated heterocycles. The molecule has 20 heavy (non-hydrogen) atoms. The molecular formula is C12H14BrN3O2S2. The molecule has 0 fully saturated rings. The minimum absolute atomic E-state index is 0.153. The van der Waals surface area contributed by atoms with Crippen LogP contribution in [0.2, 0.25) is 0 Å². The van der Waals surface area contributed by atoms with Crippen LogP contribution in [0.15, 0.2) is 39.0 Å². The van der Waals surface area contributed by atoms with Crippen molar-refractivity contribution in [3.05, 3.63) is 39.0 Å². The van der Waals surface area contributed by atoms with Crippen LogP contribution >= 0.6 is 27.3 Å². The first kappa shape index (κ1) is 15.3. The van der Waals surface area contributed by atoms with Crippen molar-refractivity contribution in [3.63, 3.8) is 0 Å². The van der Waals surface area contributed by atoms with Gasteiger partial charge in [0.2, 0.25) is 10.0 Å². The van der Waals surface area contributed by atoms with Gasteiger partial charge in [-0.2, -0.15) is 0 Å². The number of nitrogens with two attached hydrogens (primary N) is 1. The van der Waals surface area contributed by atoms with Crippen LogP contribution in [-0.4, -0.2) is 15.5 Å². The van der Waals surface area contributed by atoms with Gasteiger partial charge >= 0.3 is 0 Å². The summed E-state index contributed by atoms with van der Waals surface area (Å²) in [5.74, 6) is 0. The minimum atomic E-state index is -3.47. The first-order valence-corrected chi connectivity index (χ1v) is 8.88. The van der Waals surface area contributed by atoms with Crippen molar-refractivity contribution in [2.45, 2.75) is 11.4 Å². The molecule has 0 aliphatic carbocycles. The van der Waals surface area contributed by atoms with Crippen LogP contribution in [0.4, 0.5) is 11.4 Å². The summed E-state index contributed by atoms with van der Waals surface area (Å²) in [6.07, 6.45) is 0. The average molecular weight is 376 g/mol. The van der Waals surface area contributed by atoms with Crippen molar-refractivity contribution >= 4 is 48.7 Å². The minimum Gasteiger partial charge on any atom is -0.397 e. The highest BCUT2D eigenvalue weighted by molar-refractivity contribution is 9.10. The molecule has 8 heteroatoms. The summed E-state index contributed by atoms with van der Waals surface area (Å²) < 4.78 is 26.6. The third kappa shape index (κ3) is 3.32. The van der Waals surface area contributed by atoms with Crippen molar-refractivity contribution in [3.8, 4) is 0 Å². The van der Waals surface area contributed by atoms with Crippen LogP contribution < -0.4 is 15.8 Å². The van der Waals surface area contributed by atoms with Gasteiger partial charge in [-0.3, -0.25) is 0 Å². The zero-order valence-corrected chi connectivity index (χ0v) is 13.9. The van der Waals surface area contributed by atoms with E-state index in [2.05, 4.69) is 26.0 Å². The van der Waals surface area contributed by atoms with E-state index in [9.17, 15) is 8.42 Å². The van der Waals surface area contributed by atoms with Crippen LogP contribution in [0.5, 0.6) is 0 Å². The second-order valence-electron chi connectivity index (χ2n) is 4.00. The summed E-state index contributed by atoms with van der Waals surface area (Å²) in [7, 11) is -2.10. The fraction of sp³-hybridized carbons (Fsp3) is 0.167. The van der Waals surface area contributed by atoms with Crippen LogP contribution in [-0.2, 0) is 16.6 Å². The van der Waals surface area contributed by atoms with Gasteiger partial charge in [0.05, 0.1) is 22.8 Å². The zero-order chi connectivity index (χ0) is 14.8. The Kier molecular flexibility index (Phi) is 4.69. The van der Waals surface area contributed by atoms with Crippen LogP contribution in [0, 0.1) is 0 Å². The summed E-state index contributed by atoms with van der Waals surface area (Å²) in [6.45, 7) is 0.626. The van der Waals surface area contributed by atoms with E-state index in [0.717, 1.165) is 9.35 Å². The first-order chi connectivity index (χ1) is 9.44. The quantitative estimate of drug-likeness (QED) is 0.701. The molecule has 0 amide bonds. The molecule has 1 heterocycles. The van der Waals surface area contributed by atoms with E-state index >= 15 is 0 Å². The molecule has 5 nitrogen and oxygen atoms in total. The maximum absolute atomic E-state index is 11.7. The molecule has 0 aliphatic rings. The third-order valence-corrected chi connectivity index (χ3v) is 6.07. The lowest BCUT2D eigenvalue weighted by molar-refractivity contribution is 0.588. The van der Waals surface area contributed by atoms with Gasteiger partial charge in [0.1, 0.15) is 0 Å². The third-order valence-electron chi connectivity index (χ3n) is 2.73. The van der Waals surface area contributed by atoms with Gasteiger partial charge in [-0.1, -0.05) is 0 Å². The Morgan fingerprint density at radius 1 is 1.35 bits per heavy atom. The molecule has 0 atom stereocenters. The summed E-state index contributed by atoms with van der Waals surface area (Å²) >= 11 is 5.09. The molecular weight excluding hydrogens is 362 g/mol. The summed E-state index contributed by atoms with van der Waals surface area (Å²) in [5, 5.41) is 5.19. The number of rotatable bonds is 5. The number of hydrogen-bond donors (Lipinski definition) is 3. The predicted molar refractivity (Wildman–Crippen MR) is 86.4 cm³/mol. The van der Waals surface area contributed by atoms with E-state index in [1.165, 1.54) is 19.2 Å². The first-order valence-electron chi connectivity index (χ1n) is 5.73. The standard InChI is InChI=1S/C12H14BrN3O2S2/c1-15-20(17,18)8-2-3-11(10(14)6-8)16-7-12-9(13)4-5-19-12/h2-6,15-16H,7,14H2,1H3. The van der Waals surface area contributed by atoms with Gasteiger partial charge in [0, 0.05) is 9.35 Å². The molecule has 0 radical (unpaired) electrons. The van der Waals surface area contributed by atoms with Gasteiger partial charge < -0.3 is 11.1 Å². The highest BCUT2D eigenvalue weighted by Gasteiger charge is 2.13. The number of nitrogens with one attached hydrogen (secondary N) is 2. The Morgan fingerprint density at radius 3 is 2.65 bits per heavy atom. The van der Waals surface area contributed by atoms with E-state index in [4.69, 9.17) is 5.73 Å². The van der Waals surface area contributed by atoms with Crippen LogP contribution in [0.3, 0.4) is 0 Å². The molecule has 0 saturated carbocycles. The Morgan fingerprint density at radius 2 is 2.10 bits per heavy atom. The zero-order valence-electron chi connectivity index (χ0n) is 10.7. The van der Waals surface area contributed by atoms with Crippen LogP contribution in [0.1, 0.15) is 4.88 Å². The Labute approximate surface area is 130 Å². The smallest absolute Gasteiger partial charge is 0.240 e. The topological polar surface area (TPSA) is 84.2 Å². The fourth-order valence-electron chi connectivity index (χ4n) is 1.61. The van der Waals surface area contributed by atoms with Gasteiger partial charge in [-0.15, -0.1) is 11.3 Å². The van der Waals surface area contributed by atoms with Gasteiger partial charge in [-0.25, -0.2) is 13.1 Å². The lowest BCUT2D eigenvalue weighted by Gasteiger charge is -2.10. The van der Waals surface area contributed by atoms with Crippen molar-refractivity contribution in [2.75, 3.05) is 18.1 Å². The Hall–Kier alpha value is -1.09. The Balaban J connectivity index is 2.17. The van der Waals surface area contributed by atoms with Crippen molar-refractivity contribution < 1.29 is 8.42 Å². The van der Waals surface area contributed by atoms with Crippen molar-refractivity contribution in [1.29, 1.82) is 0 Å². The molecule has 2 rings (SSSR count). The van der Waals surface area contributed by atoms with Gasteiger partial charge in [0.25, 0.3) is 0 Å². The fourth-order valence-corrected chi connectivity index (χ4v) is 3.81. The van der Waals surface area contributed by atoms with E-state index in [-0.39, 0.29) is 4.90 Å². The average Bonchev–Trinajstić information content (AvgIpc) is 2.83. The lowest BCUT2D eigenvalue weighted by Crippen LogP contribution is -2.18. The summed E-state index contributed by atoms with van der Waals surface area (Å²) in [5.41, 5.74) is 6.99. The predicted octanol–water partition coefficient (Wildman–Crippen LogP) is 2.61. The maximum Gasteiger partial charge on any atom is 0.240 e. The normalized spacial score (nSPS) is 11.5. The van der Waals surface area contributed by atoms with Gasteiger partial charge in [0.15, 0.2) is 0 Å². The molecule has 4 N–H and O–H groups in total. The largest absolute Gasteiger partial charge is 0.397 e. The number of benzene rings is 1. The number of nitrogen functional groups attached to an aromatic ring is 1. The Bertz CT molecular complexity index is 713. The van der Waals surface area contributed by atoms with E-state index in [0.29, 0.717) is 17.9 Å². The van der Waals surface area contributed by atoms with E-state index < -0.39 is 10.0 Å². The van der Waals surface area contributed by atoms with Crippen molar-refractivity contribution in [2.24, 2.45) is 0 Å². The summed E-state index contributed by atoms with van der Waals surface area (Å²) in [6, 6.07) is 6.61. The SMILES string of the molecule is CNS(=O)(=O)c1ccc(NCc2sccc2Br)c(N)c1. The molecule has 0 unspecified atom stereocenters. The second-order valence-corrected chi connectivity index (χ2v) is 7.74. The van der Waals surface area contributed by atoms with E-state index in [1.807, 2.05) is 11.4 Å². The summed E-state index contributed by atoms with van der Waals surface area (Å²) in [4.78, 5) is 1.30. The second kappa shape index (κ2) is 6.13. The highest BCUT2D eigenvalue weighted by Crippen LogP contribution is 2.26. The molecule has 1 aromatic heterocycles. The van der Waals surface area contributed by atoms with Gasteiger partial charge in [-0.05, 0) is 52.6 Å².